The van der Waals surface area contributed by atoms with E-state index in [0.717, 1.165) is 10.2 Å². The summed E-state index contributed by atoms with van der Waals surface area (Å²) >= 11 is 3.40. The molecule has 31 heavy (non-hydrogen) atoms. The van der Waals surface area contributed by atoms with Gasteiger partial charge in [0, 0.05) is 11.0 Å². The van der Waals surface area contributed by atoms with Crippen molar-refractivity contribution in [3.8, 4) is 22.9 Å². The number of methoxy groups -OCH3 is 2. The minimum absolute atomic E-state index is 0.0131. The van der Waals surface area contributed by atoms with E-state index in [9.17, 15) is 9.90 Å². The Labute approximate surface area is 188 Å². The van der Waals surface area contributed by atoms with E-state index in [4.69, 9.17) is 14.2 Å². The molecule has 2 aromatic carbocycles. The molecule has 0 radical (unpaired) electrons. The summed E-state index contributed by atoms with van der Waals surface area (Å²) in [6, 6.07) is 12.9. The summed E-state index contributed by atoms with van der Waals surface area (Å²) in [5, 5.41) is 17.3. The highest BCUT2D eigenvalue weighted by molar-refractivity contribution is 9.10. The fourth-order valence-electron chi connectivity index (χ4n) is 2.98. The third kappa shape index (κ3) is 5.36. The molecule has 0 saturated heterocycles. The monoisotopic (exact) mass is 489 g/mol. The molecule has 1 heterocycles. The van der Waals surface area contributed by atoms with Crippen LogP contribution < -0.4 is 19.5 Å². The molecule has 3 aromatic rings. The van der Waals surface area contributed by atoms with Crippen LogP contribution in [0, 0.1) is 6.92 Å². The molecule has 9 heteroatoms. The van der Waals surface area contributed by atoms with Crippen molar-refractivity contribution >= 4 is 21.8 Å². The first kappa shape index (κ1) is 22.6. The van der Waals surface area contributed by atoms with Crippen LogP contribution in [0.25, 0.3) is 5.69 Å². The molecule has 3 rings (SSSR count). The van der Waals surface area contributed by atoms with E-state index in [-0.39, 0.29) is 19.1 Å². The molecule has 2 N–H and O–H groups in total. The van der Waals surface area contributed by atoms with Crippen LogP contribution in [-0.2, 0) is 0 Å². The Bertz CT molecular complexity index is 1010. The second-order valence-corrected chi connectivity index (χ2v) is 7.61. The zero-order valence-electron chi connectivity index (χ0n) is 17.5. The number of aliphatic hydroxyl groups excluding tert-OH is 1. The van der Waals surface area contributed by atoms with Crippen LogP contribution in [0.3, 0.4) is 0 Å². The Morgan fingerprint density at radius 2 is 1.81 bits per heavy atom. The maximum absolute atomic E-state index is 12.6. The number of hydrogen-bond donors (Lipinski definition) is 2. The highest BCUT2D eigenvalue weighted by Gasteiger charge is 2.18. The van der Waals surface area contributed by atoms with E-state index in [1.54, 1.807) is 22.9 Å². The standard InChI is InChI=1S/C22H24BrN3O5/c1-14-18(12-25-26(14)16-9-7-15(23)8-10-16)22(28)24-11-17(27)13-31-21-19(29-2)5-4-6-20(21)30-3/h4-10,12,17,27H,11,13H2,1-3H3,(H,24,28). The van der Waals surface area contributed by atoms with Crippen molar-refractivity contribution in [2.24, 2.45) is 0 Å². The van der Waals surface area contributed by atoms with Crippen molar-refractivity contribution in [1.29, 1.82) is 0 Å². The molecule has 0 fully saturated rings. The van der Waals surface area contributed by atoms with E-state index in [2.05, 4.69) is 26.3 Å². The maximum Gasteiger partial charge on any atom is 0.254 e. The van der Waals surface area contributed by atoms with Gasteiger partial charge in [0.05, 0.1) is 37.4 Å². The van der Waals surface area contributed by atoms with E-state index < -0.39 is 6.10 Å². The number of ether oxygens (including phenoxy) is 3. The van der Waals surface area contributed by atoms with E-state index >= 15 is 0 Å². The van der Waals surface area contributed by atoms with Gasteiger partial charge in [-0.1, -0.05) is 22.0 Å². The number of halogens is 1. The summed E-state index contributed by atoms with van der Waals surface area (Å²) in [6.07, 6.45) is 0.579. The zero-order valence-corrected chi connectivity index (χ0v) is 19.0. The molecule has 1 aromatic heterocycles. The smallest absolute Gasteiger partial charge is 0.254 e. The Balaban J connectivity index is 1.58. The topological polar surface area (TPSA) is 94.8 Å². The molecule has 8 nitrogen and oxygen atoms in total. The lowest BCUT2D eigenvalue weighted by atomic mass is 10.2. The molecular formula is C22H24BrN3O5. The molecular weight excluding hydrogens is 466 g/mol. The molecule has 1 amide bonds. The number of aliphatic hydroxyl groups is 1. The van der Waals surface area contributed by atoms with Gasteiger partial charge >= 0.3 is 0 Å². The van der Waals surface area contributed by atoms with Gasteiger partial charge in [-0.15, -0.1) is 0 Å². The second-order valence-electron chi connectivity index (χ2n) is 6.70. The number of carbonyl (C=O) groups excluding carboxylic acids is 1. The van der Waals surface area contributed by atoms with Gasteiger partial charge in [-0.25, -0.2) is 4.68 Å². The predicted molar refractivity (Wildman–Crippen MR) is 119 cm³/mol. The summed E-state index contributed by atoms with van der Waals surface area (Å²) in [4.78, 5) is 12.6. The largest absolute Gasteiger partial charge is 0.493 e. The molecule has 0 aliphatic heterocycles. The number of nitrogens with one attached hydrogen (secondary N) is 1. The molecule has 1 atom stereocenters. The van der Waals surface area contributed by atoms with Crippen LogP contribution in [0.1, 0.15) is 16.1 Å². The van der Waals surface area contributed by atoms with Crippen LogP contribution in [0.4, 0.5) is 0 Å². The van der Waals surface area contributed by atoms with Crippen molar-refractivity contribution in [2.45, 2.75) is 13.0 Å². The van der Waals surface area contributed by atoms with Gasteiger partial charge < -0.3 is 24.6 Å². The highest BCUT2D eigenvalue weighted by atomic mass is 79.9. The molecule has 0 spiro atoms. The summed E-state index contributed by atoms with van der Waals surface area (Å²) < 4.78 is 18.9. The third-order valence-electron chi connectivity index (χ3n) is 4.63. The molecule has 0 saturated carbocycles. The second kappa shape index (κ2) is 10.3. The summed E-state index contributed by atoms with van der Waals surface area (Å²) in [5.41, 5.74) is 1.98. The zero-order chi connectivity index (χ0) is 22.4. The number of nitrogens with zero attached hydrogens (tertiary/aromatic N) is 2. The molecule has 1 unspecified atom stereocenters. The lowest BCUT2D eigenvalue weighted by Gasteiger charge is -2.17. The Kier molecular flexibility index (Phi) is 7.54. The normalized spacial score (nSPS) is 11.6. The number of aromatic nitrogens is 2. The maximum atomic E-state index is 12.6. The third-order valence-corrected chi connectivity index (χ3v) is 5.16. The van der Waals surface area contributed by atoms with E-state index in [1.807, 2.05) is 31.2 Å². The van der Waals surface area contributed by atoms with E-state index in [1.165, 1.54) is 20.4 Å². The van der Waals surface area contributed by atoms with Gasteiger partial charge in [0.15, 0.2) is 11.5 Å². The van der Waals surface area contributed by atoms with Gasteiger partial charge in [0.2, 0.25) is 5.75 Å². The van der Waals surface area contributed by atoms with Gasteiger partial charge in [-0.3, -0.25) is 4.79 Å². The molecule has 0 aliphatic carbocycles. The molecule has 0 bridgehead atoms. The summed E-state index contributed by atoms with van der Waals surface area (Å²) in [6.45, 7) is 1.78. The SMILES string of the molecule is COc1cccc(OC)c1OCC(O)CNC(=O)c1cnn(-c2ccc(Br)cc2)c1C. The number of para-hydroxylation sites is 1. The first-order valence-electron chi connectivity index (χ1n) is 9.55. The Morgan fingerprint density at radius 1 is 1.16 bits per heavy atom. The number of carbonyl (C=O) groups is 1. The lowest BCUT2D eigenvalue weighted by Crippen LogP contribution is -2.35. The van der Waals surface area contributed by atoms with Crippen LogP contribution >= 0.6 is 15.9 Å². The first-order chi connectivity index (χ1) is 14.9. The average Bonchev–Trinajstić information content (AvgIpc) is 3.17. The van der Waals surface area contributed by atoms with Crippen LogP contribution in [0.15, 0.2) is 53.1 Å². The van der Waals surface area contributed by atoms with Crippen molar-refractivity contribution in [1.82, 2.24) is 15.1 Å². The van der Waals surface area contributed by atoms with Crippen LogP contribution in [0.2, 0.25) is 0 Å². The number of hydrogen-bond acceptors (Lipinski definition) is 6. The Morgan fingerprint density at radius 3 is 2.42 bits per heavy atom. The van der Waals surface area contributed by atoms with E-state index in [0.29, 0.717) is 28.5 Å². The van der Waals surface area contributed by atoms with Crippen molar-refractivity contribution in [3.63, 3.8) is 0 Å². The number of rotatable bonds is 9. The number of amides is 1. The van der Waals surface area contributed by atoms with Crippen LogP contribution in [-0.4, -0.2) is 54.3 Å². The van der Waals surface area contributed by atoms with Gasteiger partial charge in [0.1, 0.15) is 12.7 Å². The first-order valence-corrected chi connectivity index (χ1v) is 10.3. The minimum atomic E-state index is -0.930. The van der Waals surface area contributed by atoms with Gasteiger partial charge in [0.25, 0.3) is 5.91 Å². The quantitative estimate of drug-likeness (QED) is 0.479. The number of benzene rings is 2. The predicted octanol–water partition coefficient (Wildman–Crippen LogP) is 3.13. The van der Waals surface area contributed by atoms with Gasteiger partial charge in [-0.2, -0.15) is 5.10 Å². The van der Waals surface area contributed by atoms with Crippen molar-refractivity contribution in [2.75, 3.05) is 27.4 Å². The van der Waals surface area contributed by atoms with Gasteiger partial charge in [-0.05, 0) is 43.3 Å². The minimum Gasteiger partial charge on any atom is -0.493 e. The van der Waals surface area contributed by atoms with Crippen molar-refractivity contribution < 1.29 is 24.1 Å². The fraction of sp³-hybridized carbons (Fsp3) is 0.273. The average molecular weight is 490 g/mol. The lowest BCUT2D eigenvalue weighted by molar-refractivity contribution is 0.0833. The Hall–Kier alpha value is -3.04. The van der Waals surface area contributed by atoms with Crippen LogP contribution in [0.5, 0.6) is 17.2 Å². The fourth-order valence-corrected chi connectivity index (χ4v) is 3.24. The highest BCUT2D eigenvalue weighted by Crippen LogP contribution is 2.36. The van der Waals surface area contributed by atoms with Crippen molar-refractivity contribution in [3.05, 3.63) is 64.4 Å². The molecule has 164 valence electrons. The summed E-state index contributed by atoms with van der Waals surface area (Å²) in [5.74, 6) is 1.05. The molecule has 0 aliphatic rings. The summed E-state index contributed by atoms with van der Waals surface area (Å²) in [7, 11) is 3.05.